The van der Waals surface area contributed by atoms with Crippen LogP contribution in [-0.4, -0.2) is 45.9 Å². The normalized spacial score (nSPS) is 17.2. The van der Waals surface area contributed by atoms with Gasteiger partial charge in [0.2, 0.25) is 0 Å². The van der Waals surface area contributed by atoms with Crippen LogP contribution in [0.4, 0.5) is 8.78 Å². The average Bonchev–Trinajstić information content (AvgIpc) is 2.88. The summed E-state index contributed by atoms with van der Waals surface area (Å²) in [5.41, 5.74) is 0.796. The quantitative estimate of drug-likeness (QED) is 0.837. The van der Waals surface area contributed by atoms with Crippen molar-refractivity contribution in [3.8, 4) is 0 Å². The van der Waals surface area contributed by atoms with E-state index in [2.05, 4.69) is 5.10 Å². The van der Waals surface area contributed by atoms with E-state index in [1.54, 1.807) is 0 Å². The third-order valence-corrected chi connectivity index (χ3v) is 3.81. The van der Waals surface area contributed by atoms with Gasteiger partial charge in [0, 0.05) is 19.3 Å². The van der Waals surface area contributed by atoms with Crippen LogP contribution in [0.2, 0.25) is 0 Å². The first-order valence-corrected chi connectivity index (χ1v) is 7.34. The molecule has 1 aliphatic rings. The summed E-state index contributed by atoms with van der Waals surface area (Å²) in [6.45, 7) is 0.179. The van der Waals surface area contributed by atoms with Crippen LogP contribution in [0.5, 0.6) is 0 Å². The van der Waals surface area contributed by atoms with Gasteiger partial charge in [-0.25, -0.2) is 8.78 Å². The lowest BCUT2D eigenvalue weighted by Gasteiger charge is -2.22. The van der Waals surface area contributed by atoms with E-state index in [9.17, 15) is 8.78 Å². The largest absolute Gasteiger partial charge is 0.395 e. The van der Waals surface area contributed by atoms with E-state index in [0.717, 1.165) is 18.5 Å². The lowest BCUT2D eigenvalue weighted by Crippen LogP contribution is -2.31. The SMILES string of the molecule is OCCN(Cc1ccn(C2CCCCC2)n1)CC(F)F. The Morgan fingerprint density at radius 2 is 2.10 bits per heavy atom. The van der Waals surface area contributed by atoms with Crippen LogP contribution in [0.1, 0.15) is 43.8 Å². The molecule has 0 bridgehead atoms. The molecule has 6 heteroatoms. The number of aromatic nitrogens is 2. The highest BCUT2D eigenvalue weighted by atomic mass is 19.3. The summed E-state index contributed by atoms with van der Waals surface area (Å²) in [6, 6.07) is 2.35. The highest BCUT2D eigenvalue weighted by Gasteiger charge is 2.17. The van der Waals surface area contributed by atoms with E-state index in [1.165, 1.54) is 24.2 Å². The topological polar surface area (TPSA) is 41.3 Å². The maximum Gasteiger partial charge on any atom is 0.251 e. The van der Waals surface area contributed by atoms with Gasteiger partial charge >= 0.3 is 0 Å². The van der Waals surface area contributed by atoms with Gasteiger partial charge in [0.15, 0.2) is 0 Å². The van der Waals surface area contributed by atoms with Gasteiger partial charge in [0.25, 0.3) is 6.43 Å². The van der Waals surface area contributed by atoms with Gasteiger partial charge in [-0.05, 0) is 18.9 Å². The summed E-state index contributed by atoms with van der Waals surface area (Å²) in [6.07, 6.45) is 5.64. The molecule has 1 saturated carbocycles. The van der Waals surface area contributed by atoms with Crippen molar-refractivity contribution >= 4 is 0 Å². The van der Waals surface area contributed by atoms with E-state index in [4.69, 9.17) is 5.11 Å². The molecule has 0 aliphatic heterocycles. The van der Waals surface area contributed by atoms with Crippen molar-refractivity contribution in [2.24, 2.45) is 0 Å². The number of hydrogen-bond acceptors (Lipinski definition) is 3. The van der Waals surface area contributed by atoms with Crippen molar-refractivity contribution in [1.82, 2.24) is 14.7 Å². The van der Waals surface area contributed by atoms with Crippen LogP contribution in [0.3, 0.4) is 0 Å². The molecule has 0 amide bonds. The van der Waals surface area contributed by atoms with Crippen LogP contribution in [-0.2, 0) is 6.54 Å². The maximum absolute atomic E-state index is 12.5. The van der Waals surface area contributed by atoms with Crippen molar-refractivity contribution in [1.29, 1.82) is 0 Å². The van der Waals surface area contributed by atoms with Crippen molar-refractivity contribution in [2.75, 3.05) is 19.7 Å². The van der Waals surface area contributed by atoms with E-state index in [0.29, 0.717) is 12.6 Å². The maximum atomic E-state index is 12.5. The highest BCUT2D eigenvalue weighted by molar-refractivity contribution is 5.00. The molecule has 4 nitrogen and oxygen atoms in total. The first kappa shape index (κ1) is 15.4. The molecule has 0 unspecified atom stereocenters. The van der Waals surface area contributed by atoms with Crippen molar-refractivity contribution in [3.63, 3.8) is 0 Å². The third kappa shape index (κ3) is 4.52. The zero-order chi connectivity index (χ0) is 14.4. The molecule has 1 aromatic rings. The lowest BCUT2D eigenvalue weighted by molar-refractivity contribution is 0.0738. The van der Waals surface area contributed by atoms with Crippen LogP contribution >= 0.6 is 0 Å². The molecule has 0 radical (unpaired) electrons. The molecule has 20 heavy (non-hydrogen) atoms. The van der Waals surface area contributed by atoms with E-state index >= 15 is 0 Å². The molecule has 1 aliphatic carbocycles. The first-order valence-electron chi connectivity index (χ1n) is 7.34. The number of aliphatic hydroxyl groups is 1. The van der Waals surface area contributed by atoms with Crippen LogP contribution in [0.25, 0.3) is 0 Å². The summed E-state index contributed by atoms with van der Waals surface area (Å²) in [7, 11) is 0. The molecule has 1 aromatic heterocycles. The Bertz CT molecular complexity index is 392. The minimum atomic E-state index is -2.39. The highest BCUT2D eigenvalue weighted by Crippen LogP contribution is 2.27. The lowest BCUT2D eigenvalue weighted by atomic mass is 9.96. The number of hydrogen-bond donors (Lipinski definition) is 1. The van der Waals surface area contributed by atoms with Crippen molar-refractivity contribution in [2.45, 2.75) is 51.1 Å². The minimum absolute atomic E-state index is 0.115. The van der Waals surface area contributed by atoms with E-state index in [-0.39, 0.29) is 19.7 Å². The van der Waals surface area contributed by atoms with Crippen molar-refractivity contribution in [3.05, 3.63) is 18.0 Å². The molecule has 0 saturated heterocycles. The fraction of sp³-hybridized carbons (Fsp3) is 0.786. The molecule has 1 fully saturated rings. The van der Waals surface area contributed by atoms with Crippen LogP contribution in [0.15, 0.2) is 12.3 Å². The van der Waals surface area contributed by atoms with Crippen LogP contribution in [0, 0.1) is 0 Å². The smallest absolute Gasteiger partial charge is 0.251 e. The molecule has 1 N–H and O–H groups in total. The molecular weight excluding hydrogens is 264 g/mol. The standard InChI is InChI=1S/C14H23F2N3O/c15-14(16)11-18(8-9-20)10-12-6-7-19(17-12)13-4-2-1-3-5-13/h6-7,13-14,20H,1-5,8-11H2. The van der Waals surface area contributed by atoms with Gasteiger partial charge < -0.3 is 5.11 Å². The number of rotatable bonds is 7. The first-order chi connectivity index (χ1) is 9.69. The number of halogens is 2. The second kappa shape index (κ2) is 7.69. The molecule has 2 rings (SSSR count). The van der Waals surface area contributed by atoms with Gasteiger partial charge in [0.05, 0.1) is 24.9 Å². The molecule has 114 valence electrons. The monoisotopic (exact) mass is 287 g/mol. The van der Waals surface area contributed by atoms with Crippen molar-refractivity contribution < 1.29 is 13.9 Å². The average molecular weight is 287 g/mol. The van der Waals surface area contributed by atoms with Gasteiger partial charge in [-0.3, -0.25) is 9.58 Å². The van der Waals surface area contributed by atoms with Crippen LogP contribution < -0.4 is 0 Å². The number of nitrogens with zero attached hydrogens (tertiary/aromatic N) is 3. The molecule has 0 spiro atoms. The molecule has 0 atom stereocenters. The van der Waals surface area contributed by atoms with Gasteiger partial charge in [-0.2, -0.15) is 5.10 Å². The third-order valence-electron chi connectivity index (χ3n) is 3.81. The molecule has 0 aromatic carbocycles. The fourth-order valence-corrected chi connectivity index (χ4v) is 2.81. The van der Waals surface area contributed by atoms with E-state index in [1.807, 2.05) is 16.9 Å². The van der Waals surface area contributed by atoms with E-state index < -0.39 is 6.43 Å². The Balaban J connectivity index is 1.92. The molecular formula is C14H23F2N3O. The van der Waals surface area contributed by atoms with Gasteiger partial charge in [-0.1, -0.05) is 19.3 Å². The Hall–Kier alpha value is -1.01. The summed E-state index contributed by atoms with van der Waals surface area (Å²) in [4.78, 5) is 1.54. The summed E-state index contributed by atoms with van der Waals surface area (Å²) >= 11 is 0. The second-order valence-electron chi connectivity index (χ2n) is 5.43. The predicted molar refractivity (Wildman–Crippen MR) is 72.7 cm³/mol. The summed E-state index contributed by atoms with van der Waals surface area (Å²) in [5, 5.41) is 13.4. The Morgan fingerprint density at radius 3 is 2.75 bits per heavy atom. The predicted octanol–water partition coefficient (Wildman–Crippen LogP) is 2.45. The Labute approximate surface area is 118 Å². The zero-order valence-corrected chi connectivity index (χ0v) is 11.7. The molecule has 1 heterocycles. The van der Waals surface area contributed by atoms with Gasteiger partial charge in [0.1, 0.15) is 0 Å². The second-order valence-corrected chi connectivity index (χ2v) is 5.43. The minimum Gasteiger partial charge on any atom is -0.395 e. The summed E-state index contributed by atoms with van der Waals surface area (Å²) < 4.78 is 26.9. The number of alkyl halides is 2. The zero-order valence-electron chi connectivity index (χ0n) is 11.7. The summed E-state index contributed by atoms with van der Waals surface area (Å²) in [5.74, 6) is 0. The number of aliphatic hydroxyl groups excluding tert-OH is 1. The van der Waals surface area contributed by atoms with Gasteiger partial charge in [-0.15, -0.1) is 0 Å². The Morgan fingerprint density at radius 1 is 1.35 bits per heavy atom. The fourth-order valence-electron chi connectivity index (χ4n) is 2.81. The Kier molecular flexibility index (Phi) is 5.91.